The van der Waals surface area contributed by atoms with Crippen molar-refractivity contribution in [2.24, 2.45) is 5.73 Å². The molecule has 1 aromatic heterocycles. The summed E-state index contributed by atoms with van der Waals surface area (Å²) in [7, 11) is 4.68. The number of aromatic nitrogens is 2. The van der Waals surface area contributed by atoms with Gasteiger partial charge in [0.05, 0.1) is 32.7 Å². The fourth-order valence-corrected chi connectivity index (χ4v) is 1.51. The summed E-state index contributed by atoms with van der Waals surface area (Å²) in [6.45, 7) is 1.62. The van der Waals surface area contributed by atoms with Gasteiger partial charge in [-0.05, 0) is 0 Å². The standard InChI is InChI=1S/C12H21N5O3/c1-18-7-6-17(5-4-9(13)14)12-15-10(19-2)8-11(16-12)20-3/h8H,4-7H2,1-3H3,(H3,13,14). The van der Waals surface area contributed by atoms with Crippen LogP contribution in [0.3, 0.4) is 0 Å². The molecule has 8 nitrogen and oxygen atoms in total. The van der Waals surface area contributed by atoms with Gasteiger partial charge in [-0.15, -0.1) is 0 Å². The molecule has 0 aliphatic carbocycles. The minimum absolute atomic E-state index is 0.113. The van der Waals surface area contributed by atoms with Crippen LogP contribution in [0.25, 0.3) is 0 Å². The zero-order chi connectivity index (χ0) is 15.0. The lowest BCUT2D eigenvalue weighted by molar-refractivity contribution is 0.205. The van der Waals surface area contributed by atoms with E-state index in [1.54, 1.807) is 13.2 Å². The summed E-state index contributed by atoms with van der Waals surface area (Å²) in [5.74, 6) is 1.40. The molecule has 0 amide bonds. The molecule has 8 heteroatoms. The molecule has 0 atom stereocenters. The third-order valence-electron chi connectivity index (χ3n) is 2.58. The van der Waals surface area contributed by atoms with E-state index in [1.807, 2.05) is 4.90 Å². The molecule has 0 spiro atoms. The fourth-order valence-electron chi connectivity index (χ4n) is 1.51. The molecule has 0 bridgehead atoms. The van der Waals surface area contributed by atoms with Crippen molar-refractivity contribution in [3.63, 3.8) is 0 Å². The van der Waals surface area contributed by atoms with Crippen molar-refractivity contribution < 1.29 is 14.2 Å². The molecular weight excluding hydrogens is 262 g/mol. The van der Waals surface area contributed by atoms with Gasteiger partial charge in [-0.1, -0.05) is 0 Å². The number of hydrogen-bond donors (Lipinski definition) is 2. The van der Waals surface area contributed by atoms with Crippen LogP contribution in [0.2, 0.25) is 0 Å². The lowest BCUT2D eigenvalue weighted by Gasteiger charge is -2.22. The predicted molar refractivity (Wildman–Crippen MR) is 75.8 cm³/mol. The van der Waals surface area contributed by atoms with Crippen molar-refractivity contribution in [1.82, 2.24) is 9.97 Å². The van der Waals surface area contributed by atoms with Crippen LogP contribution in [0.5, 0.6) is 11.8 Å². The van der Waals surface area contributed by atoms with E-state index in [0.717, 1.165) is 0 Å². The minimum atomic E-state index is 0.113. The lowest BCUT2D eigenvalue weighted by atomic mass is 10.3. The number of amidine groups is 1. The first kappa shape index (κ1) is 16.0. The second-order valence-corrected chi connectivity index (χ2v) is 4.01. The first-order valence-corrected chi connectivity index (χ1v) is 6.14. The fraction of sp³-hybridized carbons (Fsp3) is 0.583. The minimum Gasteiger partial charge on any atom is -0.481 e. The topological polar surface area (TPSA) is 107 Å². The quantitative estimate of drug-likeness (QED) is 0.495. The number of rotatable bonds is 9. The van der Waals surface area contributed by atoms with E-state index in [1.165, 1.54) is 14.2 Å². The van der Waals surface area contributed by atoms with Crippen LogP contribution in [0.1, 0.15) is 6.42 Å². The van der Waals surface area contributed by atoms with Crippen LogP contribution >= 0.6 is 0 Å². The van der Waals surface area contributed by atoms with Gasteiger partial charge in [-0.2, -0.15) is 9.97 Å². The molecule has 3 N–H and O–H groups in total. The van der Waals surface area contributed by atoms with Crippen LogP contribution in [0.15, 0.2) is 6.07 Å². The van der Waals surface area contributed by atoms with Crippen LogP contribution < -0.4 is 20.1 Å². The zero-order valence-corrected chi connectivity index (χ0v) is 12.0. The van der Waals surface area contributed by atoms with Crippen molar-refractivity contribution in [3.05, 3.63) is 6.07 Å². The van der Waals surface area contributed by atoms with Gasteiger partial charge in [-0.3, -0.25) is 5.41 Å². The molecule has 0 aliphatic rings. The molecule has 0 saturated carbocycles. The van der Waals surface area contributed by atoms with Crippen molar-refractivity contribution in [1.29, 1.82) is 5.41 Å². The molecule has 0 aliphatic heterocycles. The second-order valence-electron chi connectivity index (χ2n) is 4.01. The van der Waals surface area contributed by atoms with Gasteiger partial charge in [0, 0.05) is 26.6 Å². The Morgan fingerprint density at radius 2 is 1.80 bits per heavy atom. The summed E-state index contributed by atoms with van der Waals surface area (Å²) in [6.07, 6.45) is 0.423. The Bertz CT molecular complexity index is 419. The van der Waals surface area contributed by atoms with Crippen molar-refractivity contribution >= 4 is 11.8 Å². The summed E-state index contributed by atoms with van der Waals surface area (Å²) < 4.78 is 15.3. The maximum absolute atomic E-state index is 7.31. The van der Waals surface area contributed by atoms with Gasteiger partial charge in [0.15, 0.2) is 0 Å². The number of anilines is 1. The Hall–Kier alpha value is -2.09. The van der Waals surface area contributed by atoms with Gasteiger partial charge in [0.25, 0.3) is 0 Å². The van der Waals surface area contributed by atoms with E-state index >= 15 is 0 Å². The Labute approximate surface area is 118 Å². The Morgan fingerprint density at radius 3 is 2.25 bits per heavy atom. The number of nitrogens with two attached hydrogens (primary N) is 1. The molecule has 1 aromatic rings. The Balaban J connectivity index is 2.94. The molecule has 0 fully saturated rings. The summed E-state index contributed by atoms with van der Waals surface area (Å²) >= 11 is 0. The molecule has 0 unspecified atom stereocenters. The molecule has 0 saturated heterocycles. The van der Waals surface area contributed by atoms with Gasteiger partial charge in [0.2, 0.25) is 17.7 Å². The molecule has 1 rings (SSSR count). The summed E-state index contributed by atoms with van der Waals surface area (Å²) in [5.41, 5.74) is 5.39. The summed E-state index contributed by atoms with van der Waals surface area (Å²) in [5, 5.41) is 7.31. The monoisotopic (exact) mass is 283 g/mol. The predicted octanol–water partition coefficient (Wildman–Crippen LogP) is 0.273. The maximum Gasteiger partial charge on any atom is 0.232 e. The zero-order valence-electron chi connectivity index (χ0n) is 12.0. The molecule has 20 heavy (non-hydrogen) atoms. The highest BCUT2D eigenvalue weighted by Gasteiger charge is 2.13. The Morgan fingerprint density at radius 1 is 1.20 bits per heavy atom. The van der Waals surface area contributed by atoms with E-state index in [4.69, 9.17) is 25.4 Å². The van der Waals surface area contributed by atoms with Crippen LogP contribution in [0, 0.1) is 5.41 Å². The smallest absolute Gasteiger partial charge is 0.232 e. The van der Waals surface area contributed by atoms with Crippen molar-refractivity contribution in [3.8, 4) is 11.8 Å². The first-order valence-electron chi connectivity index (χ1n) is 6.14. The van der Waals surface area contributed by atoms with Crippen LogP contribution in [0.4, 0.5) is 5.95 Å². The van der Waals surface area contributed by atoms with E-state index in [2.05, 4.69) is 9.97 Å². The number of ether oxygens (including phenoxy) is 3. The third-order valence-corrected chi connectivity index (χ3v) is 2.58. The highest BCUT2D eigenvalue weighted by molar-refractivity contribution is 5.77. The molecular formula is C12H21N5O3. The molecule has 0 aromatic carbocycles. The second kappa shape index (κ2) is 8.16. The van der Waals surface area contributed by atoms with Crippen LogP contribution in [-0.2, 0) is 4.74 Å². The lowest BCUT2D eigenvalue weighted by Crippen LogP contribution is -2.32. The van der Waals surface area contributed by atoms with Gasteiger partial charge in [0.1, 0.15) is 0 Å². The molecule has 1 heterocycles. The van der Waals surface area contributed by atoms with Gasteiger partial charge < -0.3 is 24.8 Å². The highest BCUT2D eigenvalue weighted by Crippen LogP contribution is 2.20. The normalized spacial score (nSPS) is 10.2. The van der Waals surface area contributed by atoms with Crippen molar-refractivity contribution in [2.45, 2.75) is 6.42 Å². The van der Waals surface area contributed by atoms with Crippen molar-refractivity contribution in [2.75, 3.05) is 45.9 Å². The third kappa shape index (κ3) is 4.88. The average molecular weight is 283 g/mol. The largest absolute Gasteiger partial charge is 0.481 e. The van der Waals surface area contributed by atoms with E-state index in [-0.39, 0.29) is 5.84 Å². The SMILES string of the molecule is COCCN(CCC(=N)N)c1nc(OC)cc(OC)n1. The summed E-state index contributed by atoms with van der Waals surface area (Å²) in [4.78, 5) is 10.4. The van der Waals surface area contributed by atoms with Gasteiger partial charge in [-0.25, -0.2) is 0 Å². The average Bonchev–Trinajstić information content (AvgIpc) is 2.46. The van der Waals surface area contributed by atoms with E-state index < -0.39 is 0 Å². The van der Waals surface area contributed by atoms with E-state index in [0.29, 0.717) is 43.8 Å². The molecule has 112 valence electrons. The number of nitrogens with one attached hydrogen (secondary N) is 1. The number of methoxy groups -OCH3 is 3. The highest BCUT2D eigenvalue weighted by atomic mass is 16.5. The Kier molecular flexibility index (Phi) is 6.51. The first-order chi connectivity index (χ1) is 9.60. The summed E-state index contributed by atoms with van der Waals surface area (Å²) in [6, 6.07) is 1.60. The van der Waals surface area contributed by atoms with Gasteiger partial charge >= 0.3 is 0 Å². The van der Waals surface area contributed by atoms with Crippen LogP contribution in [-0.4, -0.2) is 56.8 Å². The van der Waals surface area contributed by atoms with E-state index in [9.17, 15) is 0 Å². The number of hydrogen-bond acceptors (Lipinski definition) is 7. The number of nitrogens with zero attached hydrogens (tertiary/aromatic N) is 3. The molecule has 0 radical (unpaired) electrons. The maximum atomic E-state index is 7.31.